The minimum atomic E-state index is -0.180. The first kappa shape index (κ1) is 22.1. The van der Waals surface area contributed by atoms with E-state index in [9.17, 15) is 4.79 Å². The Balaban J connectivity index is 1.54. The van der Waals surface area contributed by atoms with E-state index in [4.69, 9.17) is 14.0 Å². The summed E-state index contributed by atoms with van der Waals surface area (Å²) >= 11 is 0. The molecule has 1 aromatic carbocycles. The zero-order chi connectivity index (χ0) is 22.2. The third-order valence-electron chi connectivity index (χ3n) is 4.85. The lowest BCUT2D eigenvalue weighted by atomic mass is 10.2. The first-order valence-electron chi connectivity index (χ1n) is 10.1. The second-order valence-electron chi connectivity index (χ2n) is 6.91. The third kappa shape index (κ3) is 5.71. The molecule has 9 heteroatoms. The third-order valence-corrected chi connectivity index (χ3v) is 4.85. The molecule has 0 radical (unpaired) electrons. The van der Waals surface area contributed by atoms with Crippen molar-refractivity contribution in [2.24, 2.45) is 0 Å². The molecule has 164 valence electrons. The van der Waals surface area contributed by atoms with Gasteiger partial charge in [0.2, 0.25) is 5.91 Å². The van der Waals surface area contributed by atoms with Crippen LogP contribution in [0.1, 0.15) is 35.3 Å². The molecule has 9 nitrogen and oxygen atoms in total. The average Bonchev–Trinajstić information content (AvgIpc) is 3.36. The molecule has 2 aromatic heterocycles. The van der Waals surface area contributed by atoms with Crippen LogP contribution in [0.25, 0.3) is 6.08 Å². The Kier molecular flexibility index (Phi) is 7.42. The number of carbonyl (C=O) groups excluding carboxylic acids is 1. The number of carbonyl (C=O) groups is 1. The molecule has 1 N–H and O–H groups in total. The summed E-state index contributed by atoms with van der Waals surface area (Å²) in [5.74, 6) is 2.58. The van der Waals surface area contributed by atoms with Gasteiger partial charge in [-0.05, 0) is 44.5 Å². The predicted octanol–water partition coefficient (Wildman–Crippen LogP) is 2.86. The second-order valence-corrected chi connectivity index (χ2v) is 6.91. The van der Waals surface area contributed by atoms with E-state index in [2.05, 4.69) is 20.7 Å². The van der Waals surface area contributed by atoms with Gasteiger partial charge in [0.05, 0.1) is 18.4 Å². The largest absolute Gasteiger partial charge is 0.493 e. The van der Waals surface area contributed by atoms with Gasteiger partial charge >= 0.3 is 0 Å². The van der Waals surface area contributed by atoms with Crippen LogP contribution in [0.4, 0.5) is 0 Å². The van der Waals surface area contributed by atoms with Gasteiger partial charge in [-0.1, -0.05) is 11.2 Å². The summed E-state index contributed by atoms with van der Waals surface area (Å²) < 4.78 is 18.4. The Morgan fingerprint density at radius 3 is 2.84 bits per heavy atom. The van der Waals surface area contributed by atoms with Gasteiger partial charge in [-0.2, -0.15) is 0 Å². The quantitative estimate of drug-likeness (QED) is 0.498. The fourth-order valence-corrected chi connectivity index (χ4v) is 3.03. The molecule has 1 amide bonds. The molecule has 0 atom stereocenters. The number of rotatable bonds is 10. The van der Waals surface area contributed by atoms with E-state index in [0.717, 1.165) is 35.0 Å². The molecule has 2 heterocycles. The van der Waals surface area contributed by atoms with Crippen molar-refractivity contribution in [3.05, 3.63) is 59.0 Å². The lowest BCUT2D eigenvalue weighted by Gasteiger charge is -2.11. The van der Waals surface area contributed by atoms with Gasteiger partial charge in [0.1, 0.15) is 24.5 Å². The van der Waals surface area contributed by atoms with Gasteiger partial charge in [0.15, 0.2) is 11.5 Å². The zero-order valence-electron chi connectivity index (χ0n) is 18.2. The van der Waals surface area contributed by atoms with E-state index >= 15 is 0 Å². The highest BCUT2D eigenvalue weighted by Crippen LogP contribution is 2.30. The number of aryl methyl sites for hydroxylation is 3. The fraction of sp³-hybridized carbons (Fsp3) is 0.364. The molecule has 0 saturated carbocycles. The van der Waals surface area contributed by atoms with Crippen LogP contribution in [0.15, 0.2) is 35.1 Å². The van der Waals surface area contributed by atoms with Crippen molar-refractivity contribution in [3.63, 3.8) is 0 Å². The maximum Gasteiger partial charge on any atom is 0.244 e. The van der Waals surface area contributed by atoms with E-state index in [1.165, 1.54) is 6.08 Å². The number of aromatic nitrogens is 4. The summed E-state index contributed by atoms with van der Waals surface area (Å²) in [6, 6.07) is 5.49. The highest BCUT2D eigenvalue weighted by molar-refractivity contribution is 5.91. The summed E-state index contributed by atoms with van der Waals surface area (Å²) in [4.78, 5) is 12.1. The van der Waals surface area contributed by atoms with Crippen LogP contribution in [0.3, 0.4) is 0 Å². The van der Waals surface area contributed by atoms with Gasteiger partial charge in [0.25, 0.3) is 0 Å². The van der Waals surface area contributed by atoms with Crippen LogP contribution >= 0.6 is 0 Å². The van der Waals surface area contributed by atoms with Crippen LogP contribution in [-0.4, -0.2) is 39.5 Å². The molecule has 0 fully saturated rings. The van der Waals surface area contributed by atoms with Crippen molar-refractivity contribution in [1.82, 2.24) is 25.2 Å². The van der Waals surface area contributed by atoms with Crippen LogP contribution < -0.4 is 14.8 Å². The van der Waals surface area contributed by atoms with Crippen molar-refractivity contribution in [2.45, 2.75) is 40.3 Å². The summed E-state index contributed by atoms with van der Waals surface area (Å²) in [6.07, 6.45) is 5.53. The van der Waals surface area contributed by atoms with Gasteiger partial charge in [0, 0.05) is 25.6 Å². The SMILES string of the molecule is CCn1cnnc1CCNC(=O)C=Cc1ccc(OCc2c(C)noc2C)c(OC)c1. The topological polar surface area (TPSA) is 104 Å². The predicted molar refractivity (Wildman–Crippen MR) is 115 cm³/mol. The fourth-order valence-electron chi connectivity index (χ4n) is 3.03. The highest BCUT2D eigenvalue weighted by atomic mass is 16.5. The number of methoxy groups -OCH3 is 1. The molecule has 0 spiro atoms. The number of hydrogen-bond acceptors (Lipinski definition) is 7. The number of amides is 1. The van der Waals surface area contributed by atoms with Crippen molar-refractivity contribution >= 4 is 12.0 Å². The zero-order valence-corrected chi connectivity index (χ0v) is 18.2. The first-order chi connectivity index (χ1) is 15.0. The van der Waals surface area contributed by atoms with Gasteiger partial charge in [-0.3, -0.25) is 4.79 Å². The minimum absolute atomic E-state index is 0.180. The normalized spacial score (nSPS) is 11.1. The van der Waals surface area contributed by atoms with Crippen molar-refractivity contribution in [3.8, 4) is 11.5 Å². The van der Waals surface area contributed by atoms with E-state index < -0.39 is 0 Å². The number of hydrogen-bond donors (Lipinski definition) is 1. The Hall–Kier alpha value is -3.62. The van der Waals surface area contributed by atoms with Gasteiger partial charge in [-0.25, -0.2) is 0 Å². The molecular formula is C22H27N5O4. The highest BCUT2D eigenvalue weighted by Gasteiger charge is 2.12. The molecule has 0 aliphatic rings. The maximum atomic E-state index is 12.1. The number of nitrogens with zero attached hydrogens (tertiary/aromatic N) is 4. The van der Waals surface area contributed by atoms with Crippen molar-refractivity contribution < 1.29 is 18.8 Å². The number of nitrogens with one attached hydrogen (secondary N) is 1. The van der Waals surface area contributed by atoms with E-state index in [1.807, 2.05) is 43.5 Å². The molecule has 31 heavy (non-hydrogen) atoms. The smallest absolute Gasteiger partial charge is 0.244 e. The molecule has 0 bridgehead atoms. The summed E-state index contributed by atoms with van der Waals surface area (Å²) in [6.45, 7) is 7.37. The molecule has 0 saturated heterocycles. The van der Waals surface area contributed by atoms with Crippen LogP contribution in [0, 0.1) is 13.8 Å². The van der Waals surface area contributed by atoms with Gasteiger partial charge in [-0.15, -0.1) is 10.2 Å². The molecule has 0 aliphatic carbocycles. The molecule has 0 aliphatic heterocycles. The van der Waals surface area contributed by atoms with E-state index in [0.29, 0.717) is 31.1 Å². The Bertz CT molecular complexity index is 1030. The average molecular weight is 425 g/mol. The van der Waals surface area contributed by atoms with Crippen LogP contribution in [0.2, 0.25) is 0 Å². The summed E-state index contributed by atoms with van der Waals surface area (Å²) in [7, 11) is 1.58. The monoisotopic (exact) mass is 425 g/mol. The Morgan fingerprint density at radius 2 is 2.13 bits per heavy atom. The van der Waals surface area contributed by atoms with Crippen molar-refractivity contribution in [1.29, 1.82) is 0 Å². The second kappa shape index (κ2) is 10.4. The van der Waals surface area contributed by atoms with Crippen LogP contribution in [-0.2, 0) is 24.4 Å². The molecule has 0 unspecified atom stereocenters. The Labute approximate surface area is 181 Å². The number of ether oxygens (including phenoxy) is 2. The van der Waals surface area contributed by atoms with E-state index in [1.54, 1.807) is 19.5 Å². The minimum Gasteiger partial charge on any atom is -0.493 e. The molecular weight excluding hydrogens is 398 g/mol. The Morgan fingerprint density at radius 1 is 1.29 bits per heavy atom. The first-order valence-corrected chi connectivity index (χ1v) is 10.1. The lowest BCUT2D eigenvalue weighted by Crippen LogP contribution is -2.24. The van der Waals surface area contributed by atoms with Gasteiger partial charge < -0.3 is 23.9 Å². The summed E-state index contributed by atoms with van der Waals surface area (Å²) in [5, 5.41) is 14.7. The standard InChI is InChI=1S/C22H27N5O4/c1-5-27-14-24-25-21(27)10-11-23-22(28)9-7-17-6-8-19(20(12-17)29-4)30-13-18-15(2)26-31-16(18)3/h6-9,12,14H,5,10-11,13H2,1-4H3,(H,23,28). The van der Waals surface area contributed by atoms with Crippen LogP contribution in [0.5, 0.6) is 11.5 Å². The number of benzene rings is 1. The van der Waals surface area contributed by atoms with E-state index in [-0.39, 0.29) is 5.91 Å². The molecule has 3 aromatic rings. The molecule has 3 rings (SSSR count). The maximum absolute atomic E-state index is 12.1. The lowest BCUT2D eigenvalue weighted by molar-refractivity contribution is -0.116. The summed E-state index contributed by atoms with van der Waals surface area (Å²) in [5.41, 5.74) is 2.54. The van der Waals surface area contributed by atoms with Crippen molar-refractivity contribution in [2.75, 3.05) is 13.7 Å².